The second kappa shape index (κ2) is 11.1. The number of amides is 1. The average molecular weight is 572 g/mol. The van der Waals surface area contributed by atoms with Crippen LogP contribution in [0.2, 0.25) is 0 Å². The summed E-state index contributed by atoms with van der Waals surface area (Å²) in [6.07, 6.45) is 2.10. The van der Waals surface area contributed by atoms with Crippen molar-refractivity contribution < 1.29 is 13.9 Å². The third-order valence-electron chi connectivity index (χ3n) is 6.45. The SMILES string of the molecule is CCC(c1nc2ccccc2c(=O)n1-c1ccc(Br)cc1)N(Cc1ccco1)C(=O)c1ccc(OC)cc1. The Bertz CT molecular complexity index is 1610. The Kier molecular flexibility index (Phi) is 7.42. The number of hydrogen-bond acceptors (Lipinski definition) is 5. The monoisotopic (exact) mass is 571 g/mol. The van der Waals surface area contributed by atoms with Crippen molar-refractivity contribution in [3.8, 4) is 11.4 Å². The molecule has 192 valence electrons. The highest BCUT2D eigenvalue weighted by Gasteiger charge is 2.30. The molecule has 0 saturated heterocycles. The number of fused-ring (bicyclic) bond motifs is 1. The van der Waals surface area contributed by atoms with Crippen LogP contribution in [0.3, 0.4) is 0 Å². The molecule has 0 radical (unpaired) electrons. The summed E-state index contributed by atoms with van der Waals surface area (Å²) in [5.41, 5.74) is 1.55. The molecule has 5 rings (SSSR count). The van der Waals surface area contributed by atoms with Crippen LogP contribution >= 0.6 is 15.9 Å². The molecule has 8 heteroatoms. The van der Waals surface area contributed by atoms with Gasteiger partial charge in [0.05, 0.1) is 42.5 Å². The van der Waals surface area contributed by atoms with Gasteiger partial charge in [0.2, 0.25) is 0 Å². The second-order valence-corrected chi connectivity index (χ2v) is 9.68. The zero-order chi connectivity index (χ0) is 26.6. The van der Waals surface area contributed by atoms with E-state index in [-0.39, 0.29) is 18.0 Å². The molecular formula is C30H26BrN3O4. The maximum atomic E-state index is 14.0. The van der Waals surface area contributed by atoms with Gasteiger partial charge in [-0.15, -0.1) is 0 Å². The highest BCUT2D eigenvalue weighted by molar-refractivity contribution is 9.10. The number of carbonyl (C=O) groups excluding carboxylic acids is 1. The predicted molar refractivity (Wildman–Crippen MR) is 150 cm³/mol. The van der Waals surface area contributed by atoms with Crippen molar-refractivity contribution in [2.75, 3.05) is 7.11 Å². The van der Waals surface area contributed by atoms with Crippen molar-refractivity contribution in [3.05, 3.63) is 123 Å². The van der Waals surface area contributed by atoms with Crippen molar-refractivity contribution in [2.24, 2.45) is 0 Å². The van der Waals surface area contributed by atoms with Gasteiger partial charge in [0.25, 0.3) is 11.5 Å². The summed E-state index contributed by atoms with van der Waals surface area (Å²) in [7, 11) is 1.58. The Morgan fingerprint density at radius 1 is 1.03 bits per heavy atom. The van der Waals surface area contributed by atoms with E-state index in [1.807, 2.05) is 55.5 Å². The number of aromatic nitrogens is 2. The molecule has 2 heterocycles. The molecule has 0 fully saturated rings. The number of benzene rings is 3. The van der Waals surface area contributed by atoms with Gasteiger partial charge < -0.3 is 14.1 Å². The lowest BCUT2D eigenvalue weighted by Gasteiger charge is -2.32. The first-order valence-electron chi connectivity index (χ1n) is 12.2. The Labute approximate surface area is 228 Å². The molecule has 1 unspecified atom stereocenters. The van der Waals surface area contributed by atoms with Crippen LogP contribution in [0.4, 0.5) is 0 Å². The standard InChI is InChI=1S/C30H26BrN3O4/c1-3-27(33(19-24-7-6-18-38-24)29(35)20-10-16-23(37-2)17-11-20)28-32-26-9-5-4-8-25(26)30(36)34(28)22-14-12-21(31)13-15-22/h4-18,27H,3,19H2,1-2H3. The van der Waals surface area contributed by atoms with Crippen LogP contribution in [-0.4, -0.2) is 27.5 Å². The molecule has 1 atom stereocenters. The first-order chi connectivity index (χ1) is 18.5. The lowest BCUT2D eigenvalue weighted by molar-refractivity contribution is 0.0624. The molecule has 0 spiro atoms. The zero-order valence-corrected chi connectivity index (χ0v) is 22.6. The number of rotatable bonds is 8. The number of methoxy groups -OCH3 is 1. The lowest BCUT2D eigenvalue weighted by Crippen LogP contribution is -2.38. The summed E-state index contributed by atoms with van der Waals surface area (Å²) < 4.78 is 13.4. The van der Waals surface area contributed by atoms with Crippen molar-refractivity contribution in [1.29, 1.82) is 0 Å². The number of nitrogens with zero attached hydrogens (tertiary/aromatic N) is 3. The first kappa shape index (κ1) is 25.5. The Morgan fingerprint density at radius 2 is 1.76 bits per heavy atom. The van der Waals surface area contributed by atoms with Crippen LogP contribution in [0.25, 0.3) is 16.6 Å². The average Bonchev–Trinajstić information content (AvgIpc) is 3.47. The fraction of sp³-hybridized carbons (Fsp3) is 0.167. The molecule has 5 aromatic rings. The van der Waals surface area contributed by atoms with E-state index >= 15 is 0 Å². The molecule has 1 amide bonds. The smallest absolute Gasteiger partial charge is 0.266 e. The summed E-state index contributed by atoms with van der Waals surface area (Å²) >= 11 is 3.47. The minimum atomic E-state index is -0.532. The van der Waals surface area contributed by atoms with Gasteiger partial charge >= 0.3 is 0 Å². The van der Waals surface area contributed by atoms with Gasteiger partial charge in [0, 0.05) is 10.0 Å². The minimum absolute atomic E-state index is 0.193. The van der Waals surface area contributed by atoms with E-state index in [4.69, 9.17) is 14.1 Å². The van der Waals surface area contributed by atoms with E-state index in [0.717, 1.165) is 4.47 Å². The zero-order valence-electron chi connectivity index (χ0n) is 21.0. The lowest BCUT2D eigenvalue weighted by atomic mass is 10.1. The number of halogens is 1. The maximum Gasteiger partial charge on any atom is 0.266 e. The second-order valence-electron chi connectivity index (χ2n) is 8.77. The number of furan rings is 1. The van der Waals surface area contributed by atoms with E-state index in [9.17, 15) is 9.59 Å². The molecular weight excluding hydrogens is 546 g/mol. The van der Waals surface area contributed by atoms with Crippen LogP contribution < -0.4 is 10.3 Å². The quantitative estimate of drug-likeness (QED) is 0.211. The number of ether oxygens (including phenoxy) is 1. The molecule has 2 aromatic heterocycles. The third kappa shape index (κ3) is 4.99. The van der Waals surface area contributed by atoms with Gasteiger partial charge in [-0.25, -0.2) is 4.98 Å². The normalized spacial score (nSPS) is 11.9. The van der Waals surface area contributed by atoms with Crippen LogP contribution in [0, 0.1) is 0 Å². The van der Waals surface area contributed by atoms with Crippen LogP contribution in [0.1, 0.15) is 41.3 Å². The van der Waals surface area contributed by atoms with Crippen LogP contribution in [0.15, 0.2) is 105 Å². The molecule has 0 saturated carbocycles. The van der Waals surface area contributed by atoms with Crippen LogP contribution in [0.5, 0.6) is 5.75 Å². The Hall–Kier alpha value is -4.17. The van der Waals surface area contributed by atoms with Gasteiger partial charge in [0.15, 0.2) is 0 Å². The third-order valence-corrected chi connectivity index (χ3v) is 6.98. The van der Waals surface area contributed by atoms with E-state index in [1.54, 1.807) is 59.2 Å². The first-order valence-corrected chi connectivity index (χ1v) is 13.0. The van der Waals surface area contributed by atoms with E-state index in [1.165, 1.54) is 0 Å². The molecule has 0 aliphatic heterocycles. The van der Waals surface area contributed by atoms with Crippen molar-refractivity contribution in [1.82, 2.24) is 14.5 Å². The molecule has 0 aliphatic rings. The molecule has 7 nitrogen and oxygen atoms in total. The summed E-state index contributed by atoms with van der Waals surface area (Å²) in [6.45, 7) is 2.19. The Morgan fingerprint density at radius 3 is 2.42 bits per heavy atom. The molecule has 0 bridgehead atoms. The molecule has 38 heavy (non-hydrogen) atoms. The van der Waals surface area contributed by atoms with Crippen molar-refractivity contribution in [3.63, 3.8) is 0 Å². The summed E-state index contributed by atoms with van der Waals surface area (Å²) in [4.78, 5) is 34.6. The number of para-hydroxylation sites is 1. The van der Waals surface area contributed by atoms with E-state index in [2.05, 4.69) is 15.9 Å². The predicted octanol–water partition coefficient (Wildman–Crippen LogP) is 6.54. The molecule has 0 N–H and O–H groups in total. The molecule has 0 aliphatic carbocycles. The van der Waals surface area contributed by atoms with Gasteiger partial charge in [0.1, 0.15) is 17.3 Å². The highest BCUT2D eigenvalue weighted by atomic mass is 79.9. The van der Waals surface area contributed by atoms with Gasteiger partial charge in [-0.2, -0.15) is 0 Å². The Balaban J connectivity index is 1.70. The maximum absolute atomic E-state index is 14.0. The van der Waals surface area contributed by atoms with E-state index < -0.39 is 6.04 Å². The van der Waals surface area contributed by atoms with Crippen LogP contribution in [-0.2, 0) is 6.54 Å². The fourth-order valence-corrected chi connectivity index (χ4v) is 4.81. The number of hydrogen-bond donors (Lipinski definition) is 0. The topological polar surface area (TPSA) is 77.6 Å². The minimum Gasteiger partial charge on any atom is -0.497 e. The fourth-order valence-electron chi connectivity index (χ4n) is 4.55. The largest absolute Gasteiger partial charge is 0.497 e. The van der Waals surface area contributed by atoms with Gasteiger partial charge in [-0.1, -0.05) is 35.0 Å². The summed E-state index contributed by atoms with van der Waals surface area (Å²) in [5.74, 6) is 1.56. The summed E-state index contributed by atoms with van der Waals surface area (Å²) in [5, 5.41) is 0.507. The van der Waals surface area contributed by atoms with Crippen molar-refractivity contribution >= 4 is 32.7 Å². The highest BCUT2D eigenvalue weighted by Crippen LogP contribution is 2.30. The summed E-state index contributed by atoms with van der Waals surface area (Å²) in [6, 6.07) is 24.8. The number of carbonyl (C=O) groups is 1. The van der Waals surface area contributed by atoms with Gasteiger partial charge in [-0.3, -0.25) is 14.2 Å². The van der Waals surface area contributed by atoms with E-state index in [0.29, 0.717) is 45.9 Å². The molecule has 3 aromatic carbocycles. The van der Waals surface area contributed by atoms with Crippen molar-refractivity contribution in [2.45, 2.75) is 25.9 Å². The van der Waals surface area contributed by atoms with Gasteiger partial charge in [-0.05, 0) is 79.2 Å².